The molecule has 0 saturated carbocycles. The first-order valence-corrected chi connectivity index (χ1v) is 7.16. The molecular formula is C15H15BrN2O3. The lowest BCUT2D eigenvalue weighted by Crippen LogP contribution is -2.05. The zero-order valence-corrected chi connectivity index (χ0v) is 13.3. The molecule has 5 nitrogen and oxygen atoms in total. The van der Waals surface area contributed by atoms with E-state index in [9.17, 15) is 10.1 Å². The lowest BCUT2D eigenvalue weighted by molar-refractivity contribution is -0.385. The Bertz CT molecular complexity index is 674. The maximum atomic E-state index is 11.1. The predicted octanol–water partition coefficient (Wildman–Crippen LogP) is 4.18. The maximum absolute atomic E-state index is 11.1. The Hall–Kier alpha value is -1.92. The summed E-state index contributed by atoms with van der Waals surface area (Å²) in [6.45, 7) is 2.68. The van der Waals surface area contributed by atoms with Gasteiger partial charge in [-0.05, 0) is 43.3 Å². The van der Waals surface area contributed by atoms with E-state index in [1.165, 1.54) is 6.07 Å². The van der Waals surface area contributed by atoms with Gasteiger partial charge in [0.15, 0.2) is 0 Å². The Labute approximate surface area is 131 Å². The number of nitro benzene ring substituents is 1. The summed E-state index contributed by atoms with van der Waals surface area (Å²) in [5.74, 6) is 0.841. The molecule has 21 heavy (non-hydrogen) atoms. The Balaban J connectivity index is 2.32. The molecule has 6 heteroatoms. The fourth-order valence-electron chi connectivity index (χ4n) is 1.98. The fraction of sp³-hybridized carbons (Fsp3) is 0.200. The monoisotopic (exact) mass is 350 g/mol. The van der Waals surface area contributed by atoms with Crippen molar-refractivity contribution in [2.45, 2.75) is 13.5 Å². The Kier molecular flexibility index (Phi) is 4.93. The number of rotatable bonds is 5. The van der Waals surface area contributed by atoms with Gasteiger partial charge in [0.2, 0.25) is 5.75 Å². The van der Waals surface area contributed by atoms with Crippen LogP contribution in [0.15, 0.2) is 40.9 Å². The van der Waals surface area contributed by atoms with Crippen LogP contribution in [-0.4, -0.2) is 12.0 Å². The number of halogens is 1. The van der Waals surface area contributed by atoms with Gasteiger partial charge >= 0.3 is 5.69 Å². The van der Waals surface area contributed by atoms with Crippen molar-refractivity contribution in [3.05, 3.63) is 62.1 Å². The van der Waals surface area contributed by atoms with Crippen LogP contribution >= 0.6 is 15.9 Å². The van der Waals surface area contributed by atoms with Gasteiger partial charge in [0.25, 0.3) is 0 Å². The third-order valence-electron chi connectivity index (χ3n) is 2.96. The molecule has 0 aliphatic rings. The van der Waals surface area contributed by atoms with E-state index in [0.717, 1.165) is 17.7 Å². The van der Waals surface area contributed by atoms with Gasteiger partial charge in [-0.25, -0.2) is 0 Å². The molecule has 0 fully saturated rings. The third kappa shape index (κ3) is 3.80. The van der Waals surface area contributed by atoms with Crippen molar-refractivity contribution in [2.24, 2.45) is 0 Å². The number of nitrogens with zero attached hydrogens (tertiary/aromatic N) is 1. The number of hydrogen-bond donors (Lipinski definition) is 1. The summed E-state index contributed by atoms with van der Waals surface area (Å²) in [6, 6.07) is 10.5. The standard InChI is InChI=1S/C15H15BrN2O3/c1-10-7-11(9-17-2)3-5-14(10)21-15-6-4-12(16)8-13(15)18(19)20/h3-8,17H,9H2,1-2H3. The maximum Gasteiger partial charge on any atom is 0.312 e. The molecule has 110 valence electrons. The van der Waals surface area contributed by atoms with Crippen molar-refractivity contribution in [3.63, 3.8) is 0 Å². The number of aryl methyl sites for hydroxylation is 1. The molecule has 0 bridgehead atoms. The van der Waals surface area contributed by atoms with Gasteiger partial charge < -0.3 is 10.1 Å². The molecule has 0 atom stereocenters. The summed E-state index contributed by atoms with van der Waals surface area (Å²) in [4.78, 5) is 10.6. The second-order valence-corrected chi connectivity index (χ2v) is 5.52. The minimum absolute atomic E-state index is 0.0666. The van der Waals surface area contributed by atoms with Gasteiger partial charge in [-0.1, -0.05) is 28.1 Å². The molecule has 0 amide bonds. The fourth-order valence-corrected chi connectivity index (χ4v) is 2.33. The van der Waals surface area contributed by atoms with E-state index in [0.29, 0.717) is 10.2 Å². The van der Waals surface area contributed by atoms with Crippen molar-refractivity contribution in [3.8, 4) is 11.5 Å². The van der Waals surface area contributed by atoms with Crippen LogP contribution in [0.3, 0.4) is 0 Å². The van der Waals surface area contributed by atoms with Crippen LogP contribution < -0.4 is 10.1 Å². The molecule has 0 saturated heterocycles. The zero-order chi connectivity index (χ0) is 15.4. The van der Waals surface area contributed by atoms with Gasteiger partial charge in [0, 0.05) is 17.1 Å². The third-order valence-corrected chi connectivity index (χ3v) is 3.45. The largest absolute Gasteiger partial charge is 0.450 e. The first-order valence-electron chi connectivity index (χ1n) is 6.37. The summed E-state index contributed by atoms with van der Waals surface area (Å²) < 4.78 is 6.35. The summed E-state index contributed by atoms with van der Waals surface area (Å²) in [6.07, 6.45) is 0. The number of hydrogen-bond acceptors (Lipinski definition) is 4. The summed E-state index contributed by atoms with van der Waals surface area (Å²) in [5.41, 5.74) is 2.00. The Morgan fingerprint density at radius 1 is 1.24 bits per heavy atom. The molecule has 0 aliphatic heterocycles. The minimum Gasteiger partial charge on any atom is -0.450 e. The molecule has 0 unspecified atom stereocenters. The van der Waals surface area contributed by atoms with Gasteiger partial charge in [0.1, 0.15) is 5.75 Å². The quantitative estimate of drug-likeness (QED) is 0.648. The highest BCUT2D eigenvalue weighted by atomic mass is 79.9. The van der Waals surface area contributed by atoms with Crippen molar-refractivity contribution in [1.29, 1.82) is 0 Å². The van der Waals surface area contributed by atoms with Crippen LogP contribution in [0.1, 0.15) is 11.1 Å². The molecule has 2 aromatic carbocycles. The highest BCUT2D eigenvalue weighted by Crippen LogP contribution is 2.34. The van der Waals surface area contributed by atoms with E-state index in [1.54, 1.807) is 12.1 Å². The van der Waals surface area contributed by atoms with E-state index in [4.69, 9.17) is 4.74 Å². The molecule has 0 radical (unpaired) electrons. The first kappa shape index (κ1) is 15.5. The average Bonchev–Trinajstić information content (AvgIpc) is 2.43. The van der Waals surface area contributed by atoms with Crippen LogP contribution in [0.25, 0.3) is 0 Å². The summed E-state index contributed by atoms with van der Waals surface area (Å²) in [5, 5.41) is 14.2. The van der Waals surface area contributed by atoms with Gasteiger partial charge in [0.05, 0.1) is 4.92 Å². The molecule has 0 heterocycles. The van der Waals surface area contributed by atoms with E-state index in [1.807, 2.05) is 32.2 Å². The Morgan fingerprint density at radius 3 is 2.57 bits per heavy atom. The number of nitro groups is 1. The first-order chi connectivity index (χ1) is 10.0. The van der Waals surface area contributed by atoms with E-state index in [2.05, 4.69) is 21.2 Å². The van der Waals surface area contributed by atoms with Crippen LogP contribution in [0.2, 0.25) is 0 Å². The average molecular weight is 351 g/mol. The molecule has 1 N–H and O–H groups in total. The van der Waals surface area contributed by atoms with Crippen LogP contribution in [0, 0.1) is 17.0 Å². The second kappa shape index (κ2) is 6.69. The van der Waals surface area contributed by atoms with E-state index in [-0.39, 0.29) is 11.4 Å². The van der Waals surface area contributed by atoms with Gasteiger partial charge in [-0.15, -0.1) is 0 Å². The lowest BCUT2D eigenvalue weighted by Gasteiger charge is -2.10. The van der Waals surface area contributed by atoms with Crippen molar-refractivity contribution < 1.29 is 9.66 Å². The van der Waals surface area contributed by atoms with Gasteiger partial charge in [-0.3, -0.25) is 10.1 Å². The normalized spacial score (nSPS) is 10.4. The Morgan fingerprint density at radius 2 is 1.95 bits per heavy atom. The van der Waals surface area contributed by atoms with E-state index < -0.39 is 4.92 Å². The van der Waals surface area contributed by atoms with Gasteiger partial charge in [-0.2, -0.15) is 0 Å². The molecule has 0 aliphatic carbocycles. The molecule has 0 spiro atoms. The van der Waals surface area contributed by atoms with Crippen molar-refractivity contribution >= 4 is 21.6 Å². The minimum atomic E-state index is -0.454. The van der Waals surface area contributed by atoms with Crippen molar-refractivity contribution in [1.82, 2.24) is 5.32 Å². The smallest absolute Gasteiger partial charge is 0.312 e. The number of nitrogens with one attached hydrogen (secondary N) is 1. The number of benzene rings is 2. The highest BCUT2D eigenvalue weighted by Gasteiger charge is 2.17. The zero-order valence-electron chi connectivity index (χ0n) is 11.7. The molecule has 2 aromatic rings. The molecular weight excluding hydrogens is 336 g/mol. The highest BCUT2D eigenvalue weighted by molar-refractivity contribution is 9.10. The lowest BCUT2D eigenvalue weighted by atomic mass is 10.1. The second-order valence-electron chi connectivity index (χ2n) is 4.60. The predicted molar refractivity (Wildman–Crippen MR) is 84.8 cm³/mol. The topological polar surface area (TPSA) is 64.4 Å². The molecule has 2 rings (SSSR count). The van der Waals surface area contributed by atoms with E-state index >= 15 is 0 Å². The molecule has 0 aromatic heterocycles. The summed E-state index contributed by atoms with van der Waals surface area (Å²) in [7, 11) is 1.88. The van der Waals surface area contributed by atoms with Crippen LogP contribution in [0.5, 0.6) is 11.5 Å². The SMILES string of the molecule is CNCc1ccc(Oc2ccc(Br)cc2[N+](=O)[O-])c(C)c1. The van der Waals surface area contributed by atoms with Crippen molar-refractivity contribution in [2.75, 3.05) is 7.05 Å². The van der Waals surface area contributed by atoms with Crippen LogP contribution in [-0.2, 0) is 6.54 Å². The number of ether oxygens (including phenoxy) is 1. The summed E-state index contributed by atoms with van der Waals surface area (Å²) >= 11 is 3.22. The van der Waals surface area contributed by atoms with Crippen LogP contribution in [0.4, 0.5) is 5.69 Å².